The molecule has 0 spiro atoms. The molecule has 19 heteroatoms. The smallest absolute Gasteiger partial charge is 0.343 e. The number of anilines is 2. The Labute approximate surface area is 429 Å². The van der Waals surface area contributed by atoms with E-state index in [9.17, 15) is 34.1 Å². The molecule has 5 aromatic rings. The third kappa shape index (κ3) is 17.2. The highest BCUT2D eigenvalue weighted by atomic mass is 35.5. The van der Waals surface area contributed by atoms with Gasteiger partial charge >= 0.3 is 12.0 Å². The molecule has 5 rings (SSSR count). The number of rotatable bonds is 27. The van der Waals surface area contributed by atoms with Crippen molar-refractivity contribution >= 4 is 70.0 Å². The van der Waals surface area contributed by atoms with Gasteiger partial charge in [0, 0.05) is 47.5 Å². The molecule has 0 aliphatic heterocycles. The zero-order valence-corrected chi connectivity index (χ0v) is 43.3. The summed E-state index contributed by atoms with van der Waals surface area (Å²) in [6, 6.07) is 20.6. The van der Waals surface area contributed by atoms with Crippen LogP contribution in [0.3, 0.4) is 0 Å². The van der Waals surface area contributed by atoms with Gasteiger partial charge in [-0.2, -0.15) is 4.68 Å². The second-order valence-electron chi connectivity index (χ2n) is 18.0. The van der Waals surface area contributed by atoms with Gasteiger partial charge in [0.2, 0.25) is 17.2 Å². The van der Waals surface area contributed by atoms with E-state index in [1.807, 2.05) is 6.07 Å². The van der Waals surface area contributed by atoms with Crippen molar-refractivity contribution in [2.24, 2.45) is 5.41 Å². The number of Topliss-reactive ketones (excluding diaryl/α,β-unsaturated/α-hetero) is 1. The van der Waals surface area contributed by atoms with Gasteiger partial charge in [0.1, 0.15) is 17.8 Å². The number of nitrogens with zero attached hydrogens (tertiary/aromatic N) is 4. The van der Waals surface area contributed by atoms with Gasteiger partial charge in [-0.15, -0.1) is 5.10 Å². The molecule has 0 saturated carbocycles. The molecule has 3 amide bonds. The number of amides is 3. The zero-order chi connectivity index (χ0) is 52.2. The fraction of sp³-hybridized carbons (Fsp3) is 0.415. The van der Waals surface area contributed by atoms with Gasteiger partial charge in [-0.3, -0.25) is 24.5 Å². The summed E-state index contributed by atoms with van der Waals surface area (Å²) in [5.41, 5.74) is 2.86. The summed E-state index contributed by atoms with van der Waals surface area (Å²) in [5.74, 6) is -1.05. The number of unbranched alkanes of at least 4 members (excludes halogenated alkanes) is 4. The second kappa shape index (κ2) is 27.7. The number of ketones is 1. The highest BCUT2D eigenvalue weighted by molar-refractivity contribution is 7.98. The average Bonchev–Trinajstić information content (AvgIpc) is 3.84. The Bertz CT molecular complexity index is 2670. The lowest BCUT2D eigenvalue weighted by atomic mass is 9.87. The maximum Gasteiger partial charge on any atom is 0.343 e. The number of aryl methyl sites for hydroxylation is 2. The van der Waals surface area contributed by atoms with E-state index < -0.39 is 40.1 Å². The van der Waals surface area contributed by atoms with Crippen molar-refractivity contribution in [3.8, 4) is 11.5 Å². The second-order valence-corrected chi connectivity index (χ2v) is 19.4. The highest BCUT2D eigenvalue weighted by Gasteiger charge is 2.37. The first-order chi connectivity index (χ1) is 34.5. The molecule has 1 aromatic heterocycles. The van der Waals surface area contributed by atoms with Crippen molar-refractivity contribution in [1.82, 2.24) is 20.1 Å². The molecule has 0 bridgehead atoms. The number of ether oxygens (including phenoxy) is 3. The van der Waals surface area contributed by atoms with Gasteiger partial charge < -0.3 is 30.2 Å². The monoisotopic (exact) mass is 1030 g/mol. The fourth-order valence-corrected chi connectivity index (χ4v) is 8.17. The quantitative estimate of drug-likeness (QED) is 0.0111. The van der Waals surface area contributed by atoms with Crippen LogP contribution in [0, 0.1) is 15.5 Å². The van der Waals surface area contributed by atoms with E-state index in [1.165, 1.54) is 60.3 Å². The molecule has 0 saturated heterocycles. The lowest BCUT2D eigenvalue weighted by Crippen LogP contribution is -2.45. The van der Waals surface area contributed by atoms with Crippen molar-refractivity contribution in [3.63, 3.8) is 0 Å². The molecular weight excluding hydrogens is 962 g/mol. The SMILES string of the molecule is CCCCCc1ccc(OCCCC(=O)Nc2ccc(Cl)c(NC(=O)C(Oc3ccc([N+](=O)[O-])cc3CNC(=O)n3cnc(SCc4ccc(C(=O)OCC)cc4)n3)C(=O)C(C)(C)C)c2)c(CCCCC)c1. The Morgan fingerprint density at radius 3 is 2.22 bits per heavy atom. The Kier molecular flexibility index (Phi) is 21.6. The van der Waals surface area contributed by atoms with Crippen molar-refractivity contribution < 1.29 is 43.1 Å². The van der Waals surface area contributed by atoms with Crippen molar-refractivity contribution in [3.05, 3.63) is 128 Å². The van der Waals surface area contributed by atoms with Gasteiger partial charge in [-0.05, 0) is 98.2 Å². The summed E-state index contributed by atoms with van der Waals surface area (Å²) in [7, 11) is 0. The van der Waals surface area contributed by atoms with E-state index in [4.69, 9.17) is 25.8 Å². The molecule has 0 fully saturated rings. The number of esters is 1. The molecule has 0 radical (unpaired) electrons. The van der Waals surface area contributed by atoms with Crippen LogP contribution in [0.4, 0.5) is 21.9 Å². The third-order valence-electron chi connectivity index (χ3n) is 11.2. The number of nitrogens with one attached hydrogen (secondary N) is 3. The number of carbonyl (C=O) groups excluding carboxylic acids is 5. The molecule has 17 nitrogen and oxygen atoms in total. The van der Waals surface area contributed by atoms with Crippen LogP contribution in [0.15, 0.2) is 90.3 Å². The Morgan fingerprint density at radius 2 is 1.53 bits per heavy atom. The number of carbonyl (C=O) groups is 5. The number of non-ortho nitro benzene ring substituents is 1. The first-order valence-corrected chi connectivity index (χ1v) is 25.6. The molecule has 1 atom stereocenters. The summed E-state index contributed by atoms with van der Waals surface area (Å²) in [4.78, 5) is 81.7. The van der Waals surface area contributed by atoms with E-state index in [1.54, 1.807) is 58.0 Å². The molecule has 1 unspecified atom stereocenters. The minimum absolute atomic E-state index is 0.0781. The van der Waals surface area contributed by atoms with E-state index in [-0.39, 0.29) is 58.3 Å². The summed E-state index contributed by atoms with van der Waals surface area (Å²) in [6.45, 7) is 11.2. The van der Waals surface area contributed by atoms with Gasteiger partial charge in [0.25, 0.3) is 11.6 Å². The Hall–Kier alpha value is -6.79. The van der Waals surface area contributed by atoms with Crippen LogP contribution >= 0.6 is 23.4 Å². The molecule has 1 heterocycles. The molecule has 0 aliphatic rings. The standard InChI is InChI=1S/C53H64ClN7O10S/c1-7-10-12-15-35-20-26-44(38(29-35)16-13-11-8-2)70-28-14-17-46(62)57-40-23-25-42(54)43(31-40)58-49(64)47(48(63)53(4,5)6)71-45-27-24-41(61(67)68)30-39(45)32-55-52(66)60-34-56-51(59-60)72-33-36-18-21-37(22-19-36)50(65)69-9-3/h18-27,29-31,34,47H,7-17,28,32-33H2,1-6H3,(H,55,66)(H,57,62)(H,58,64). The van der Waals surface area contributed by atoms with Crippen molar-refractivity contribution in [2.75, 3.05) is 23.8 Å². The number of nitro groups is 1. The van der Waals surface area contributed by atoms with Crippen LogP contribution in [-0.2, 0) is 44.3 Å². The van der Waals surface area contributed by atoms with E-state index in [0.29, 0.717) is 30.0 Å². The van der Waals surface area contributed by atoms with E-state index in [2.05, 4.69) is 52.0 Å². The van der Waals surface area contributed by atoms with Gasteiger partial charge in [-0.1, -0.05) is 108 Å². The fourth-order valence-electron chi connectivity index (χ4n) is 7.25. The van der Waals surface area contributed by atoms with Gasteiger partial charge in [0.15, 0.2) is 5.78 Å². The normalized spacial score (nSPS) is 11.6. The van der Waals surface area contributed by atoms with Crippen LogP contribution in [0.1, 0.15) is 126 Å². The molecule has 72 heavy (non-hydrogen) atoms. The summed E-state index contributed by atoms with van der Waals surface area (Å²) in [5, 5.41) is 24.6. The molecule has 384 valence electrons. The van der Waals surface area contributed by atoms with Crippen molar-refractivity contribution in [1.29, 1.82) is 0 Å². The predicted octanol–water partition coefficient (Wildman–Crippen LogP) is 11.3. The van der Waals surface area contributed by atoms with E-state index >= 15 is 0 Å². The predicted molar refractivity (Wildman–Crippen MR) is 278 cm³/mol. The van der Waals surface area contributed by atoms with Crippen LogP contribution < -0.4 is 25.4 Å². The third-order valence-corrected chi connectivity index (χ3v) is 12.5. The summed E-state index contributed by atoms with van der Waals surface area (Å²) < 4.78 is 18.3. The first-order valence-electron chi connectivity index (χ1n) is 24.2. The number of hydrogen-bond acceptors (Lipinski definition) is 13. The minimum atomic E-state index is -1.80. The maximum absolute atomic E-state index is 14.1. The van der Waals surface area contributed by atoms with Gasteiger partial charge in [-0.25, -0.2) is 14.6 Å². The lowest BCUT2D eigenvalue weighted by molar-refractivity contribution is -0.384. The average molecular weight is 1030 g/mol. The number of nitro benzene ring substituents is 1. The molecule has 4 aromatic carbocycles. The van der Waals surface area contributed by atoms with E-state index in [0.717, 1.165) is 66.7 Å². The molecule has 3 N–H and O–H groups in total. The van der Waals surface area contributed by atoms with Crippen LogP contribution in [0.5, 0.6) is 11.5 Å². The number of hydrogen-bond donors (Lipinski definition) is 3. The molecular formula is C53H64ClN7O10S. The summed E-state index contributed by atoms with van der Waals surface area (Å²) in [6.07, 6.45) is 8.86. The lowest BCUT2D eigenvalue weighted by Gasteiger charge is -2.26. The summed E-state index contributed by atoms with van der Waals surface area (Å²) >= 11 is 7.78. The minimum Gasteiger partial charge on any atom is -0.493 e. The van der Waals surface area contributed by atoms with Crippen LogP contribution in [0.25, 0.3) is 0 Å². The number of aromatic nitrogens is 3. The Morgan fingerprint density at radius 1 is 0.819 bits per heavy atom. The first kappa shape index (κ1) is 56.1. The van der Waals surface area contributed by atoms with Crippen molar-refractivity contribution in [2.45, 2.75) is 129 Å². The van der Waals surface area contributed by atoms with Gasteiger partial charge in [0.05, 0.1) is 34.4 Å². The molecule has 0 aliphatic carbocycles. The maximum atomic E-state index is 14.1. The van der Waals surface area contributed by atoms with Crippen LogP contribution in [-0.4, -0.2) is 68.6 Å². The number of thioether (sulfide) groups is 1. The number of halogens is 1. The number of benzene rings is 4. The highest BCUT2D eigenvalue weighted by Crippen LogP contribution is 2.31. The Balaban J connectivity index is 1.21. The van der Waals surface area contributed by atoms with Crippen LogP contribution in [0.2, 0.25) is 5.02 Å². The topological polar surface area (TPSA) is 223 Å². The zero-order valence-electron chi connectivity index (χ0n) is 41.7. The largest absolute Gasteiger partial charge is 0.493 e.